The van der Waals surface area contributed by atoms with Crippen molar-refractivity contribution in [2.45, 2.75) is 31.7 Å². The Morgan fingerprint density at radius 1 is 0.828 bits per heavy atom. The minimum atomic E-state index is 0.417. The first-order valence-corrected chi connectivity index (χ1v) is 11.3. The number of likely N-dealkylation sites (tertiary alicyclic amines) is 1. The number of piperidine rings is 1. The molecule has 1 N–H and O–H groups in total. The molecule has 4 heteroatoms. The van der Waals surface area contributed by atoms with Gasteiger partial charge in [-0.3, -0.25) is 9.80 Å². The smallest absolute Gasteiger partial charge is 0.115 e. The molecule has 0 unspecified atom stereocenters. The first kappa shape index (κ1) is 19.0. The fourth-order valence-electron chi connectivity index (χ4n) is 5.67. The third kappa shape index (κ3) is 4.15. The lowest BCUT2D eigenvalue weighted by molar-refractivity contribution is 0.0726. The summed E-state index contributed by atoms with van der Waals surface area (Å²) in [4.78, 5) is 7.91. The highest BCUT2D eigenvalue weighted by molar-refractivity contribution is 5.46. The fourth-order valence-corrected chi connectivity index (χ4v) is 5.67. The van der Waals surface area contributed by atoms with Gasteiger partial charge < -0.3 is 10.0 Å². The molecule has 0 saturated carbocycles. The van der Waals surface area contributed by atoms with Gasteiger partial charge in [-0.1, -0.05) is 24.3 Å². The Kier molecular flexibility index (Phi) is 5.47. The number of phenolic OH excluding ortho intramolecular Hbond substituents is 1. The SMILES string of the molecule is Oc1ccc2c(c1)C[C@H]1[C@@H](CCCN1CCN1CCN(c3ccccc3)CC1)C2. The van der Waals surface area contributed by atoms with E-state index in [9.17, 15) is 5.11 Å². The molecule has 0 spiro atoms. The van der Waals surface area contributed by atoms with Crippen LogP contribution in [0.4, 0.5) is 5.69 Å². The molecule has 4 nitrogen and oxygen atoms in total. The summed E-state index contributed by atoms with van der Waals surface area (Å²) in [6.07, 6.45) is 4.98. The average molecular weight is 392 g/mol. The van der Waals surface area contributed by atoms with Gasteiger partial charge >= 0.3 is 0 Å². The highest BCUT2D eigenvalue weighted by Gasteiger charge is 2.35. The van der Waals surface area contributed by atoms with Crippen LogP contribution in [0.2, 0.25) is 0 Å². The second-order valence-electron chi connectivity index (χ2n) is 9.03. The van der Waals surface area contributed by atoms with Gasteiger partial charge in [-0.05, 0) is 73.5 Å². The van der Waals surface area contributed by atoms with Crippen LogP contribution in [-0.4, -0.2) is 66.8 Å². The molecule has 2 saturated heterocycles. The van der Waals surface area contributed by atoms with Crippen LogP contribution in [-0.2, 0) is 12.8 Å². The molecule has 0 radical (unpaired) electrons. The molecular formula is C25H33N3O. The molecule has 2 fully saturated rings. The van der Waals surface area contributed by atoms with Crippen molar-refractivity contribution in [3.8, 4) is 5.75 Å². The van der Waals surface area contributed by atoms with Gasteiger partial charge in [0.2, 0.25) is 0 Å². The van der Waals surface area contributed by atoms with E-state index in [4.69, 9.17) is 0 Å². The summed E-state index contributed by atoms with van der Waals surface area (Å²) < 4.78 is 0. The van der Waals surface area contributed by atoms with E-state index >= 15 is 0 Å². The maximum absolute atomic E-state index is 9.90. The van der Waals surface area contributed by atoms with Crippen LogP contribution in [0.5, 0.6) is 5.75 Å². The van der Waals surface area contributed by atoms with Crippen molar-refractivity contribution in [3.05, 3.63) is 59.7 Å². The topological polar surface area (TPSA) is 30.0 Å². The van der Waals surface area contributed by atoms with Gasteiger partial charge in [-0.2, -0.15) is 0 Å². The Morgan fingerprint density at radius 3 is 2.48 bits per heavy atom. The monoisotopic (exact) mass is 391 g/mol. The molecule has 5 rings (SSSR count). The van der Waals surface area contributed by atoms with E-state index in [-0.39, 0.29) is 0 Å². The first-order chi connectivity index (χ1) is 14.3. The van der Waals surface area contributed by atoms with Crippen LogP contribution in [0.25, 0.3) is 0 Å². The quantitative estimate of drug-likeness (QED) is 0.865. The van der Waals surface area contributed by atoms with Crippen LogP contribution < -0.4 is 4.90 Å². The van der Waals surface area contributed by atoms with Crippen LogP contribution in [0.1, 0.15) is 24.0 Å². The molecule has 154 valence electrons. The van der Waals surface area contributed by atoms with Crippen molar-refractivity contribution >= 4 is 5.69 Å². The molecule has 2 atom stereocenters. The molecule has 0 bridgehead atoms. The number of hydrogen-bond acceptors (Lipinski definition) is 4. The number of benzene rings is 2. The van der Waals surface area contributed by atoms with E-state index in [1.807, 2.05) is 12.1 Å². The Balaban J connectivity index is 1.16. The third-order valence-corrected chi connectivity index (χ3v) is 7.33. The standard InChI is InChI=1S/C25H33N3O/c29-24-9-8-20-17-21-5-4-10-28(25(21)19-22(20)18-24)16-13-26-11-14-27(15-12-26)23-6-2-1-3-7-23/h1-3,6-9,18,21,25,29H,4-5,10-17,19H2/t21-,25-/m0/s1. The number of phenols is 1. The van der Waals surface area contributed by atoms with Crippen LogP contribution >= 0.6 is 0 Å². The molecule has 29 heavy (non-hydrogen) atoms. The number of rotatable bonds is 4. The number of anilines is 1. The summed E-state index contributed by atoms with van der Waals surface area (Å²) in [7, 11) is 0. The number of hydrogen-bond donors (Lipinski definition) is 1. The maximum Gasteiger partial charge on any atom is 0.115 e. The van der Waals surface area contributed by atoms with Gasteiger partial charge in [0.15, 0.2) is 0 Å². The zero-order valence-electron chi connectivity index (χ0n) is 17.3. The highest BCUT2D eigenvalue weighted by Crippen LogP contribution is 2.36. The summed E-state index contributed by atoms with van der Waals surface area (Å²) in [5, 5.41) is 9.90. The molecule has 2 aromatic rings. The number of fused-ring (bicyclic) bond motifs is 2. The lowest BCUT2D eigenvalue weighted by atomic mass is 9.75. The van der Waals surface area contributed by atoms with Crippen molar-refractivity contribution < 1.29 is 5.11 Å². The summed E-state index contributed by atoms with van der Waals surface area (Å²) in [6, 6.07) is 17.5. The van der Waals surface area contributed by atoms with Crippen molar-refractivity contribution in [1.82, 2.24) is 9.80 Å². The van der Waals surface area contributed by atoms with Crippen molar-refractivity contribution in [2.24, 2.45) is 5.92 Å². The predicted molar refractivity (Wildman–Crippen MR) is 119 cm³/mol. The number of para-hydroxylation sites is 1. The third-order valence-electron chi connectivity index (χ3n) is 7.33. The Morgan fingerprint density at radius 2 is 1.66 bits per heavy atom. The van der Waals surface area contributed by atoms with E-state index in [0.717, 1.165) is 38.5 Å². The lowest BCUT2D eigenvalue weighted by Crippen LogP contribution is -2.53. The largest absolute Gasteiger partial charge is 0.508 e. The molecule has 0 aromatic heterocycles. The van der Waals surface area contributed by atoms with Gasteiger partial charge in [0.1, 0.15) is 5.75 Å². The molecule has 2 aromatic carbocycles. The van der Waals surface area contributed by atoms with Crippen molar-refractivity contribution in [1.29, 1.82) is 0 Å². The molecule has 0 amide bonds. The summed E-state index contributed by atoms with van der Waals surface area (Å²) in [6.45, 7) is 8.17. The molecular weight excluding hydrogens is 358 g/mol. The summed E-state index contributed by atoms with van der Waals surface area (Å²) >= 11 is 0. The highest BCUT2D eigenvalue weighted by atomic mass is 16.3. The fraction of sp³-hybridized carbons (Fsp3) is 0.520. The molecule has 2 heterocycles. The first-order valence-electron chi connectivity index (χ1n) is 11.3. The van der Waals surface area contributed by atoms with Gasteiger partial charge in [0.25, 0.3) is 0 Å². The predicted octanol–water partition coefficient (Wildman–Crippen LogP) is 3.39. The normalized spacial score (nSPS) is 25.4. The van der Waals surface area contributed by atoms with Gasteiger partial charge in [-0.25, -0.2) is 0 Å². The lowest BCUT2D eigenvalue weighted by Gasteiger charge is -2.45. The molecule has 2 aliphatic heterocycles. The van der Waals surface area contributed by atoms with Crippen molar-refractivity contribution in [3.63, 3.8) is 0 Å². The van der Waals surface area contributed by atoms with E-state index in [1.54, 1.807) is 0 Å². The van der Waals surface area contributed by atoms with E-state index in [0.29, 0.717) is 11.8 Å². The summed E-state index contributed by atoms with van der Waals surface area (Å²) in [5.41, 5.74) is 4.19. The van der Waals surface area contributed by atoms with Crippen LogP contribution in [0.15, 0.2) is 48.5 Å². The average Bonchev–Trinajstić information content (AvgIpc) is 2.77. The van der Waals surface area contributed by atoms with Gasteiger partial charge in [0, 0.05) is 51.0 Å². The molecule has 1 aliphatic carbocycles. The Hall–Kier alpha value is -2.04. The Bertz CT molecular complexity index is 816. The van der Waals surface area contributed by atoms with Gasteiger partial charge in [-0.15, -0.1) is 0 Å². The van der Waals surface area contributed by atoms with E-state index < -0.39 is 0 Å². The number of piperazine rings is 1. The van der Waals surface area contributed by atoms with E-state index in [2.05, 4.69) is 51.1 Å². The van der Waals surface area contributed by atoms with Crippen LogP contribution in [0, 0.1) is 5.92 Å². The number of aromatic hydroxyl groups is 1. The van der Waals surface area contributed by atoms with E-state index in [1.165, 1.54) is 55.7 Å². The van der Waals surface area contributed by atoms with Gasteiger partial charge in [0.05, 0.1) is 0 Å². The Labute approximate surface area is 174 Å². The van der Waals surface area contributed by atoms with Crippen LogP contribution in [0.3, 0.4) is 0 Å². The second kappa shape index (κ2) is 8.37. The number of nitrogens with zero attached hydrogens (tertiary/aromatic N) is 3. The minimum absolute atomic E-state index is 0.417. The second-order valence-corrected chi connectivity index (χ2v) is 9.03. The molecule has 3 aliphatic rings. The zero-order valence-corrected chi connectivity index (χ0v) is 17.3. The van der Waals surface area contributed by atoms with Crippen molar-refractivity contribution in [2.75, 3.05) is 50.7 Å². The zero-order chi connectivity index (χ0) is 19.6. The maximum atomic E-state index is 9.90. The minimum Gasteiger partial charge on any atom is -0.508 e. The summed E-state index contributed by atoms with van der Waals surface area (Å²) in [5.74, 6) is 1.21.